The minimum atomic E-state index is -0.961. The highest BCUT2D eigenvalue weighted by Gasteiger charge is 2.23. The second-order valence-corrected chi connectivity index (χ2v) is 4.98. The van der Waals surface area contributed by atoms with Crippen LogP contribution < -0.4 is 0 Å². The summed E-state index contributed by atoms with van der Waals surface area (Å²) in [4.78, 5) is -0.811. The minimum Gasteiger partial charge on any atom is -0.453 e. The fourth-order valence-electron chi connectivity index (χ4n) is 1.40. The summed E-state index contributed by atoms with van der Waals surface area (Å²) in [5, 5.41) is 0. The maximum Gasteiger partial charge on any atom is 0.169 e. The summed E-state index contributed by atoms with van der Waals surface area (Å²) in [7, 11) is 0. The maximum absolute atomic E-state index is 13.5. The third kappa shape index (κ3) is 2.57. The van der Waals surface area contributed by atoms with E-state index in [2.05, 4.69) is 31.9 Å². The van der Waals surface area contributed by atoms with Crippen LogP contribution in [-0.4, -0.2) is 0 Å². The molecule has 0 aliphatic carbocycles. The number of hydrogen-bond acceptors (Lipinski definition) is 1. The van der Waals surface area contributed by atoms with Gasteiger partial charge in [0.05, 0.1) is 0 Å². The van der Waals surface area contributed by atoms with Crippen LogP contribution in [0.5, 0.6) is 0 Å². The highest BCUT2D eigenvalue weighted by atomic mass is 79.9. The predicted molar refractivity (Wildman–Crippen MR) is 63.5 cm³/mol. The number of rotatable bonds is 2. The topological polar surface area (TPSA) is 13.1 Å². The van der Waals surface area contributed by atoms with Crippen LogP contribution in [0.3, 0.4) is 0 Å². The molecule has 90 valence electrons. The van der Waals surface area contributed by atoms with Crippen molar-refractivity contribution in [1.82, 2.24) is 0 Å². The van der Waals surface area contributed by atoms with E-state index in [1.807, 2.05) is 0 Å². The molecule has 1 aromatic heterocycles. The molecule has 0 aliphatic rings. The van der Waals surface area contributed by atoms with Gasteiger partial charge in [0.1, 0.15) is 28.0 Å². The van der Waals surface area contributed by atoms with Crippen LogP contribution in [0.25, 0.3) is 0 Å². The highest BCUT2D eigenvalue weighted by molar-refractivity contribution is 9.10. The lowest BCUT2D eigenvalue weighted by Gasteiger charge is -2.09. The summed E-state index contributed by atoms with van der Waals surface area (Å²) in [5.41, 5.74) is -0.284. The van der Waals surface area contributed by atoms with Gasteiger partial charge in [-0.25, -0.2) is 13.2 Å². The van der Waals surface area contributed by atoms with E-state index in [9.17, 15) is 13.2 Å². The Bertz CT molecular complexity index is 530. The molecular formula is C11H5Br2F3O. The van der Waals surface area contributed by atoms with Gasteiger partial charge in [-0.15, -0.1) is 0 Å². The van der Waals surface area contributed by atoms with Gasteiger partial charge in [0.2, 0.25) is 0 Å². The van der Waals surface area contributed by atoms with E-state index in [-0.39, 0.29) is 5.56 Å². The van der Waals surface area contributed by atoms with E-state index in [4.69, 9.17) is 4.42 Å². The number of benzene rings is 1. The van der Waals surface area contributed by atoms with Gasteiger partial charge in [0, 0.05) is 17.7 Å². The third-order valence-corrected chi connectivity index (χ3v) is 3.48. The van der Waals surface area contributed by atoms with Crippen LogP contribution in [0, 0.1) is 17.5 Å². The first kappa shape index (κ1) is 12.7. The molecule has 1 aromatic carbocycles. The van der Waals surface area contributed by atoms with Crippen molar-refractivity contribution in [3.8, 4) is 0 Å². The van der Waals surface area contributed by atoms with Gasteiger partial charge in [-0.1, -0.05) is 15.9 Å². The zero-order valence-corrected chi connectivity index (χ0v) is 11.4. The smallest absolute Gasteiger partial charge is 0.169 e. The molecule has 1 unspecified atom stereocenters. The Morgan fingerprint density at radius 3 is 2.12 bits per heavy atom. The molecule has 1 atom stereocenters. The monoisotopic (exact) mass is 368 g/mol. The van der Waals surface area contributed by atoms with Gasteiger partial charge >= 0.3 is 0 Å². The molecule has 0 radical (unpaired) electrons. The second kappa shape index (κ2) is 4.86. The molecular weight excluding hydrogens is 365 g/mol. The van der Waals surface area contributed by atoms with Crippen LogP contribution in [0.2, 0.25) is 0 Å². The van der Waals surface area contributed by atoms with Crippen molar-refractivity contribution in [1.29, 1.82) is 0 Å². The first-order chi connectivity index (χ1) is 7.99. The average Bonchev–Trinajstić information content (AvgIpc) is 2.63. The molecule has 0 saturated heterocycles. The lowest BCUT2D eigenvalue weighted by molar-refractivity contribution is 0.479. The van der Waals surface area contributed by atoms with Crippen molar-refractivity contribution in [3.63, 3.8) is 0 Å². The maximum atomic E-state index is 13.5. The van der Waals surface area contributed by atoms with Crippen molar-refractivity contribution in [2.45, 2.75) is 4.83 Å². The Labute approximate surface area is 112 Å². The predicted octanol–water partition coefficient (Wildman–Crippen LogP) is 4.94. The Balaban J connectivity index is 2.47. The van der Waals surface area contributed by atoms with E-state index in [1.165, 1.54) is 0 Å². The Kier molecular flexibility index (Phi) is 3.63. The number of alkyl halides is 1. The molecule has 1 nitrogen and oxygen atoms in total. The number of hydrogen-bond donors (Lipinski definition) is 0. The first-order valence-corrected chi connectivity index (χ1v) is 6.23. The SMILES string of the molecule is Fc1cc(F)c(C(Br)c2ccc(Br)o2)c(F)c1. The summed E-state index contributed by atoms with van der Waals surface area (Å²) >= 11 is 6.20. The van der Waals surface area contributed by atoms with Crippen molar-refractivity contribution in [3.05, 3.63) is 57.7 Å². The normalized spacial score (nSPS) is 12.8. The Morgan fingerprint density at radius 1 is 1.06 bits per heavy atom. The zero-order chi connectivity index (χ0) is 12.6. The summed E-state index contributed by atoms with van der Waals surface area (Å²) in [6.07, 6.45) is 0. The molecule has 0 amide bonds. The van der Waals surface area contributed by atoms with E-state index in [0.29, 0.717) is 22.6 Å². The quantitative estimate of drug-likeness (QED) is 0.683. The molecule has 1 heterocycles. The minimum absolute atomic E-state index is 0.284. The molecule has 0 N–H and O–H groups in total. The van der Waals surface area contributed by atoms with Gasteiger partial charge in [0.15, 0.2) is 4.67 Å². The molecule has 2 rings (SSSR count). The summed E-state index contributed by atoms with van der Waals surface area (Å²) in [6.45, 7) is 0. The molecule has 6 heteroatoms. The van der Waals surface area contributed by atoms with Gasteiger partial charge in [-0.05, 0) is 28.1 Å². The van der Waals surface area contributed by atoms with E-state index >= 15 is 0 Å². The van der Waals surface area contributed by atoms with E-state index < -0.39 is 22.3 Å². The van der Waals surface area contributed by atoms with Gasteiger partial charge in [-0.3, -0.25) is 0 Å². The largest absolute Gasteiger partial charge is 0.453 e. The van der Waals surface area contributed by atoms with Gasteiger partial charge < -0.3 is 4.42 Å². The van der Waals surface area contributed by atoms with Crippen LogP contribution in [0.4, 0.5) is 13.2 Å². The lowest BCUT2D eigenvalue weighted by atomic mass is 10.1. The molecule has 0 bridgehead atoms. The van der Waals surface area contributed by atoms with Crippen LogP contribution in [0.1, 0.15) is 16.2 Å². The molecule has 17 heavy (non-hydrogen) atoms. The Hall–Kier alpha value is -0.750. The molecule has 0 spiro atoms. The first-order valence-electron chi connectivity index (χ1n) is 4.53. The second-order valence-electron chi connectivity index (χ2n) is 3.29. The molecule has 2 aromatic rings. The van der Waals surface area contributed by atoms with E-state index in [1.54, 1.807) is 12.1 Å². The fraction of sp³-hybridized carbons (Fsp3) is 0.0909. The standard InChI is InChI=1S/C11H5Br2F3O/c12-9-2-1-8(17-9)11(13)10-6(15)3-5(14)4-7(10)16/h1-4,11H. The van der Waals surface area contributed by atoms with Crippen LogP contribution >= 0.6 is 31.9 Å². The zero-order valence-electron chi connectivity index (χ0n) is 8.18. The van der Waals surface area contributed by atoms with Gasteiger partial charge in [0.25, 0.3) is 0 Å². The van der Waals surface area contributed by atoms with Crippen LogP contribution in [-0.2, 0) is 0 Å². The highest BCUT2D eigenvalue weighted by Crippen LogP contribution is 2.36. The molecule has 0 fully saturated rings. The van der Waals surface area contributed by atoms with E-state index in [0.717, 1.165) is 0 Å². The number of halogens is 5. The van der Waals surface area contributed by atoms with Gasteiger partial charge in [-0.2, -0.15) is 0 Å². The van der Waals surface area contributed by atoms with Crippen molar-refractivity contribution in [2.24, 2.45) is 0 Å². The molecule has 0 aliphatic heterocycles. The fourth-order valence-corrected chi connectivity index (χ4v) is 2.40. The van der Waals surface area contributed by atoms with Crippen molar-refractivity contribution >= 4 is 31.9 Å². The third-order valence-electron chi connectivity index (χ3n) is 2.14. The number of furan rings is 1. The van der Waals surface area contributed by atoms with Crippen molar-refractivity contribution in [2.75, 3.05) is 0 Å². The lowest BCUT2D eigenvalue weighted by Crippen LogP contribution is -2.00. The van der Waals surface area contributed by atoms with Crippen molar-refractivity contribution < 1.29 is 17.6 Å². The average molecular weight is 370 g/mol. The summed E-state index contributed by atoms with van der Waals surface area (Å²) in [5.74, 6) is -2.56. The summed E-state index contributed by atoms with van der Waals surface area (Å²) < 4.78 is 45.4. The van der Waals surface area contributed by atoms with Crippen LogP contribution in [0.15, 0.2) is 33.4 Å². The Morgan fingerprint density at radius 2 is 1.65 bits per heavy atom. The summed E-state index contributed by atoms with van der Waals surface area (Å²) in [6, 6.07) is 4.42. The molecule has 0 saturated carbocycles.